The monoisotopic (exact) mass is 343 g/mol. The Morgan fingerprint density at radius 1 is 0.962 bits per heavy atom. The number of anilines is 1. The standard InChI is InChI=1S/C21H17N3O2/c25-21(26)15-9-11-17(12-10-15)22-13-16-5-1-3-7-19(16)24-14-23-18-6-2-4-8-20(18)24/h1-12,14,22H,13H2,(H,25,26). The van der Waals surface area contributed by atoms with Crippen molar-refractivity contribution in [2.75, 3.05) is 5.32 Å². The van der Waals surface area contributed by atoms with E-state index in [-0.39, 0.29) is 5.56 Å². The molecule has 0 spiro atoms. The molecule has 0 bridgehead atoms. The van der Waals surface area contributed by atoms with Crippen molar-refractivity contribution >= 4 is 22.7 Å². The Hall–Kier alpha value is -3.60. The van der Waals surface area contributed by atoms with E-state index < -0.39 is 5.97 Å². The van der Waals surface area contributed by atoms with Gasteiger partial charge in [-0.2, -0.15) is 0 Å². The zero-order valence-corrected chi connectivity index (χ0v) is 14.0. The molecule has 0 amide bonds. The van der Waals surface area contributed by atoms with Crippen molar-refractivity contribution in [2.45, 2.75) is 6.54 Å². The Bertz CT molecular complexity index is 1070. The maximum absolute atomic E-state index is 10.9. The van der Waals surface area contributed by atoms with E-state index in [4.69, 9.17) is 5.11 Å². The van der Waals surface area contributed by atoms with Gasteiger partial charge in [0.1, 0.15) is 6.33 Å². The molecule has 1 heterocycles. The second kappa shape index (κ2) is 6.72. The Labute approximate surface area is 150 Å². The van der Waals surface area contributed by atoms with Crippen LogP contribution in [0.5, 0.6) is 0 Å². The van der Waals surface area contributed by atoms with Crippen LogP contribution in [0.25, 0.3) is 16.7 Å². The van der Waals surface area contributed by atoms with Crippen molar-refractivity contribution in [1.82, 2.24) is 9.55 Å². The summed E-state index contributed by atoms with van der Waals surface area (Å²) in [6, 6.07) is 22.9. The number of carboxylic acid groups (broad SMARTS) is 1. The van der Waals surface area contributed by atoms with Gasteiger partial charge in [0.05, 0.1) is 22.3 Å². The van der Waals surface area contributed by atoms with Crippen molar-refractivity contribution < 1.29 is 9.90 Å². The fourth-order valence-electron chi connectivity index (χ4n) is 2.97. The molecule has 0 aliphatic rings. The fraction of sp³-hybridized carbons (Fsp3) is 0.0476. The van der Waals surface area contributed by atoms with E-state index in [9.17, 15) is 4.79 Å². The molecular weight excluding hydrogens is 326 g/mol. The van der Waals surface area contributed by atoms with Gasteiger partial charge in [0, 0.05) is 12.2 Å². The number of rotatable bonds is 5. The molecular formula is C21H17N3O2. The normalized spacial score (nSPS) is 10.8. The fourth-order valence-corrected chi connectivity index (χ4v) is 2.97. The summed E-state index contributed by atoms with van der Waals surface area (Å²) < 4.78 is 2.08. The van der Waals surface area contributed by atoms with E-state index >= 15 is 0 Å². The summed E-state index contributed by atoms with van der Waals surface area (Å²) in [5.74, 6) is -0.922. The summed E-state index contributed by atoms with van der Waals surface area (Å²) in [5, 5.41) is 12.3. The van der Waals surface area contributed by atoms with Gasteiger partial charge < -0.3 is 10.4 Å². The van der Waals surface area contributed by atoms with Crippen molar-refractivity contribution in [2.24, 2.45) is 0 Å². The molecule has 4 aromatic rings. The average molecular weight is 343 g/mol. The number of hydrogen-bond acceptors (Lipinski definition) is 3. The van der Waals surface area contributed by atoms with Gasteiger partial charge in [0.2, 0.25) is 0 Å². The van der Waals surface area contributed by atoms with E-state index in [1.807, 2.05) is 36.7 Å². The number of carbonyl (C=O) groups is 1. The first kappa shape index (κ1) is 15.9. The Balaban J connectivity index is 1.61. The van der Waals surface area contributed by atoms with Crippen LogP contribution >= 0.6 is 0 Å². The summed E-state index contributed by atoms with van der Waals surface area (Å²) in [4.78, 5) is 15.4. The summed E-state index contributed by atoms with van der Waals surface area (Å²) in [5.41, 5.74) is 5.36. The second-order valence-electron chi connectivity index (χ2n) is 5.97. The first-order valence-electron chi connectivity index (χ1n) is 8.30. The van der Waals surface area contributed by atoms with Crippen molar-refractivity contribution in [1.29, 1.82) is 0 Å². The van der Waals surface area contributed by atoms with E-state index in [2.05, 4.69) is 33.1 Å². The van der Waals surface area contributed by atoms with Crippen molar-refractivity contribution in [3.63, 3.8) is 0 Å². The summed E-state index contributed by atoms with van der Waals surface area (Å²) >= 11 is 0. The lowest BCUT2D eigenvalue weighted by atomic mass is 10.1. The Morgan fingerprint density at radius 3 is 2.50 bits per heavy atom. The van der Waals surface area contributed by atoms with Crippen molar-refractivity contribution in [3.05, 3.63) is 90.3 Å². The van der Waals surface area contributed by atoms with Gasteiger partial charge in [0.25, 0.3) is 0 Å². The first-order chi connectivity index (χ1) is 12.7. The molecule has 4 rings (SSSR count). The predicted octanol–water partition coefficient (Wildman–Crippen LogP) is 4.34. The van der Waals surface area contributed by atoms with Crippen LogP contribution in [0.4, 0.5) is 5.69 Å². The number of nitrogens with one attached hydrogen (secondary N) is 1. The largest absolute Gasteiger partial charge is 0.478 e. The molecule has 3 aromatic carbocycles. The highest BCUT2D eigenvalue weighted by Crippen LogP contribution is 2.22. The zero-order valence-electron chi connectivity index (χ0n) is 14.0. The number of carboxylic acids is 1. The number of fused-ring (bicyclic) bond motifs is 1. The number of aromatic nitrogens is 2. The molecule has 0 aliphatic heterocycles. The molecule has 5 nitrogen and oxygen atoms in total. The van der Waals surface area contributed by atoms with Gasteiger partial charge in [0.15, 0.2) is 0 Å². The third-order valence-corrected chi connectivity index (χ3v) is 4.32. The van der Waals surface area contributed by atoms with Crippen LogP contribution in [0, 0.1) is 0 Å². The van der Waals surface area contributed by atoms with Gasteiger partial charge in [-0.05, 0) is 48.0 Å². The lowest BCUT2D eigenvalue weighted by molar-refractivity contribution is 0.0697. The highest BCUT2D eigenvalue weighted by Gasteiger charge is 2.08. The molecule has 0 unspecified atom stereocenters. The predicted molar refractivity (Wildman–Crippen MR) is 102 cm³/mol. The quantitative estimate of drug-likeness (QED) is 0.566. The summed E-state index contributed by atoms with van der Waals surface area (Å²) in [7, 11) is 0. The maximum Gasteiger partial charge on any atom is 0.335 e. The molecule has 0 saturated carbocycles. The van der Waals surface area contributed by atoms with Crippen LogP contribution in [-0.2, 0) is 6.54 Å². The van der Waals surface area contributed by atoms with Gasteiger partial charge >= 0.3 is 5.97 Å². The molecule has 0 fully saturated rings. The van der Waals surface area contributed by atoms with E-state index in [1.165, 1.54) is 0 Å². The average Bonchev–Trinajstić information content (AvgIpc) is 3.11. The highest BCUT2D eigenvalue weighted by atomic mass is 16.4. The van der Waals surface area contributed by atoms with Crippen LogP contribution in [0.1, 0.15) is 15.9 Å². The Morgan fingerprint density at radius 2 is 1.69 bits per heavy atom. The molecule has 2 N–H and O–H groups in total. The molecule has 0 saturated heterocycles. The molecule has 128 valence electrons. The number of hydrogen-bond donors (Lipinski definition) is 2. The lowest BCUT2D eigenvalue weighted by Crippen LogP contribution is -2.05. The minimum absolute atomic E-state index is 0.279. The zero-order chi connectivity index (χ0) is 17.9. The molecule has 0 radical (unpaired) electrons. The second-order valence-corrected chi connectivity index (χ2v) is 5.97. The van der Waals surface area contributed by atoms with Crippen LogP contribution in [0.15, 0.2) is 79.1 Å². The number of para-hydroxylation sites is 3. The Kier molecular flexibility index (Phi) is 4.11. The van der Waals surface area contributed by atoms with Crippen molar-refractivity contribution in [3.8, 4) is 5.69 Å². The van der Waals surface area contributed by atoms with Gasteiger partial charge in [-0.3, -0.25) is 4.57 Å². The van der Waals surface area contributed by atoms with Crippen LogP contribution in [0.2, 0.25) is 0 Å². The number of imidazole rings is 1. The topological polar surface area (TPSA) is 67.2 Å². The SMILES string of the molecule is O=C(O)c1ccc(NCc2ccccc2-n2cnc3ccccc32)cc1. The van der Waals surface area contributed by atoms with Gasteiger partial charge in [-0.1, -0.05) is 30.3 Å². The van der Waals surface area contributed by atoms with E-state index in [0.717, 1.165) is 28.0 Å². The molecule has 0 aliphatic carbocycles. The minimum atomic E-state index is -0.922. The number of aromatic carboxylic acids is 1. The van der Waals surface area contributed by atoms with Crippen LogP contribution < -0.4 is 5.32 Å². The highest BCUT2D eigenvalue weighted by molar-refractivity contribution is 5.88. The number of benzene rings is 3. The molecule has 0 atom stereocenters. The van der Waals surface area contributed by atoms with E-state index in [1.54, 1.807) is 24.3 Å². The first-order valence-corrected chi connectivity index (χ1v) is 8.30. The van der Waals surface area contributed by atoms with E-state index in [0.29, 0.717) is 6.54 Å². The molecule has 5 heteroatoms. The van der Waals surface area contributed by atoms with Gasteiger partial charge in [-0.25, -0.2) is 9.78 Å². The number of nitrogens with zero attached hydrogens (tertiary/aromatic N) is 2. The molecule has 1 aromatic heterocycles. The third kappa shape index (κ3) is 3.02. The smallest absolute Gasteiger partial charge is 0.335 e. The van der Waals surface area contributed by atoms with Crippen LogP contribution in [-0.4, -0.2) is 20.6 Å². The summed E-state index contributed by atoms with van der Waals surface area (Å²) in [6.45, 7) is 0.620. The lowest BCUT2D eigenvalue weighted by Gasteiger charge is -2.13. The third-order valence-electron chi connectivity index (χ3n) is 4.32. The van der Waals surface area contributed by atoms with Crippen LogP contribution in [0.3, 0.4) is 0 Å². The maximum atomic E-state index is 10.9. The van der Waals surface area contributed by atoms with Gasteiger partial charge in [-0.15, -0.1) is 0 Å². The summed E-state index contributed by atoms with van der Waals surface area (Å²) in [6.07, 6.45) is 1.84. The minimum Gasteiger partial charge on any atom is -0.478 e. The molecule has 26 heavy (non-hydrogen) atoms.